The molecule has 4 aromatic rings. The van der Waals surface area contributed by atoms with Gasteiger partial charge in [0.1, 0.15) is 11.9 Å². The van der Waals surface area contributed by atoms with Crippen LogP contribution in [-0.4, -0.2) is 42.5 Å². The Hall–Kier alpha value is -4.34. The highest BCUT2D eigenvalue weighted by molar-refractivity contribution is 7.89. The molecule has 5 rings (SSSR count). The normalized spacial score (nSPS) is 14.2. The smallest absolute Gasteiger partial charge is 0.247 e. The van der Waals surface area contributed by atoms with E-state index in [1.807, 2.05) is 60.7 Å². The van der Waals surface area contributed by atoms with Gasteiger partial charge in [0.25, 0.3) is 0 Å². The second kappa shape index (κ2) is 14.4. The minimum atomic E-state index is -3.53. The summed E-state index contributed by atoms with van der Waals surface area (Å²) in [6.07, 6.45) is 2.18. The minimum Gasteiger partial charge on any atom is -0.350 e. The summed E-state index contributed by atoms with van der Waals surface area (Å²) in [5, 5.41) is 2.99. The first-order valence-corrected chi connectivity index (χ1v) is 16.2. The standard InChI is InChI=1S/C35H36FN3O4S/c36-31-18-13-29(14-19-31)26-39(34(30-11-5-2-6-12-30)35(41)37-25-28-9-3-1-4-10-28)33(40)22-17-27-15-20-32(21-16-27)44(42,43)38-23-7-8-24-38/h1-6,9-16,18-21,34H,7-8,17,22-26H2,(H,37,41). The van der Waals surface area contributed by atoms with Crippen molar-refractivity contribution in [2.75, 3.05) is 13.1 Å². The molecule has 1 N–H and O–H groups in total. The number of nitrogens with zero attached hydrogens (tertiary/aromatic N) is 2. The van der Waals surface area contributed by atoms with Gasteiger partial charge in [-0.15, -0.1) is 0 Å². The number of amides is 2. The van der Waals surface area contributed by atoms with Crippen LogP contribution in [0.4, 0.5) is 4.39 Å². The summed E-state index contributed by atoms with van der Waals surface area (Å²) in [6.45, 7) is 1.46. The van der Waals surface area contributed by atoms with Gasteiger partial charge in [0, 0.05) is 32.6 Å². The van der Waals surface area contributed by atoms with Gasteiger partial charge in [-0.1, -0.05) is 84.9 Å². The number of halogens is 1. The molecule has 1 heterocycles. The Morgan fingerprint density at radius 3 is 2.00 bits per heavy atom. The van der Waals surface area contributed by atoms with E-state index in [1.54, 1.807) is 36.4 Å². The average Bonchev–Trinajstić information content (AvgIpc) is 3.61. The van der Waals surface area contributed by atoms with Crippen molar-refractivity contribution < 1.29 is 22.4 Å². The fourth-order valence-electron chi connectivity index (χ4n) is 5.40. The first-order chi connectivity index (χ1) is 21.3. The van der Waals surface area contributed by atoms with Crippen LogP contribution in [0.2, 0.25) is 0 Å². The Labute approximate surface area is 258 Å². The number of rotatable bonds is 12. The summed E-state index contributed by atoms with van der Waals surface area (Å²) in [5.74, 6) is -0.971. The van der Waals surface area contributed by atoms with E-state index in [0.717, 1.165) is 24.0 Å². The number of nitrogens with one attached hydrogen (secondary N) is 1. The van der Waals surface area contributed by atoms with Gasteiger partial charge in [0.15, 0.2) is 0 Å². The highest BCUT2D eigenvalue weighted by Crippen LogP contribution is 2.26. The molecule has 4 aromatic carbocycles. The van der Waals surface area contributed by atoms with Crippen molar-refractivity contribution in [3.05, 3.63) is 137 Å². The van der Waals surface area contributed by atoms with Crippen LogP contribution in [0, 0.1) is 5.82 Å². The third kappa shape index (κ3) is 7.78. The first kappa shape index (κ1) is 31.1. The predicted octanol–water partition coefficient (Wildman–Crippen LogP) is 5.63. The fraction of sp³-hybridized carbons (Fsp3) is 0.257. The molecule has 9 heteroatoms. The Morgan fingerprint density at radius 2 is 1.36 bits per heavy atom. The maximum atomic E-state index is 14.0. The second-order valence-electron chi connectivity index (χ2n) is 10.9. The van der Waals surface area contributed by atoms with Crippen LogP contribution >= 0.6 is 0 Å². The van der Waals surface area contributed by atoms with E-state index in [9.17, 15) is 22.4 Å². The number of sulfonamides is 1. The van der Waals surface area contributed by atoms with Crippen molar-refractivity contribution >= 4 is 21.8 Å². The SMILES string of the molecule is O=C(NCc1ccccc1)C(c1ccccc1)N(Cc1ccc(F)cc1)C(=O)CCc1ccc(S(=O)(=O)N2CCCC2)cc1. The van der Waals surface area contributed by atoms with Crippen LogP contribution in [0.25, 0.3) is 0 Å². The van der Waals surface area contributed by atoms with Gasteiger partial charge in [-0.2, -0.15) is 4.31 Å². The van der Waals surface area contributed by atoms with Crippen LogP contribution in [0.15, 0.2) is 114 Å². The summed E-state index contributed by atoms with van der Waals surface area (Å²) < 4.78 is 41.0. The van der Waals surface area contributed by atoms with Crippen molar-refractivity contribution in [1.82, 2.24) is 14.5 Å². The number of carbonyl (C=O) groups is 2. The highest BCUT2D eigenvalue weighted by Gasteiger charge is 2.31. The molecule has 0 spiro atoms. The summed E-state index contributed by atoms with van der Waals surface area (Å²) in [6, 6.07) is 30.3. The molecule has 44 heavy (non-hydrogen) atoms. The van der Waals surface area contributed by atoms with Gasteiger partial charge in [-0.3, -0.25) is 9.59 Å². The largest absolute Gasteiger partial charge is 0.350 e. The Balaban J connectivity index is 1.37. The lowest BCUT2D eigenvalue weighted by Crippen LogP contribution is -2.43. The molecule has 1 aliphatic rings. The Kier molecular flexibility index (Phi) is 10.2. The third-order valence-corrected chi connectivity index (χ3v) is 9.74. The molecule has 0 saturated carbocycles. The Bertz CT molecular complexity index is 1640. The van der Waals surface area contributed by atoms with Gasteiger partial charge in [0.2, 0.25) is 21.8 Å². The maximum absolute atomic E-state index is 14.0. The fourth-order valence-corrected chi connectivity index (χ4v) is 6.92. The quantitative estimate of drug-likeness (QED) is 0.225. The van der Waals surface area contributed by atoms with Gasteiger partial charge in [-0.25, -0.2) is 12.8 Å². The van der Waals surface area contributed by atoms with Crippen molar-refractivity contribution in [2.45, 2.75) is 49.7 Å². The summed E-state index contributed by atoms with van der Waals surface area (Å²) >= 11 is 0. The zero-order valence-corrected chi connectivity index (χ0v) is 25.3. The predicted molar refractivity (Wildman–Crippen MR) is 167 cm³/mol. The van der Waals surface area contributed by atoms with Gasteiger partial charge in [0.05, 0.1) is 4.90 Å². The van der Waals surface area contributed by atoms with Crippen molar-refractivity contribution in [1.29, 1.82) is 0 Å². The van der Waals surface area contributed by atoms with E-state index in [1.165, 1.54) is 21.3 Å². The molecule has 0 bridgehead atoms. The zero-order valence-electron chi connectivity index (χ0n) is 24.4. The van der Waals surface area contributed by atoms with E-state index in [0.29, 0.717) is 37.2 Å². The minimum absolute atomic E-state index is 0.0920. The molecule has 1 atom stereocenters. The average molecular weight is 614 g/mol. The number of benzene rings is 4. The van der Waals surface area contributed by atoms with E-state index < -0.39 is 16.1 Å². The summed E-state index contributed by atoms with van der Waals surface area (Å²) in [5.41, 5.74) is 3.09. The van der Waals surface area contributed by atoms with E-state index >= 15 is 0 Å². The van der Waals surface area contributed by atoms with Crippen LogP contribution in [0.3, 0.4) is 0 Å². The topological polar surface area (TPSA) is 86.8 Å². The molecule has 228 valence electrons. The van der Waals surface area contributed by atoms with Crippen molar-refractivity contribution in [3.63, 3.8) is 0 Å². The Morgan fingerprint density at radius 1 is 0.773 bits per heavy atom. The van der Waals surface area contributed by atoms with Gasteiger partial charge in [-0.05, 0) is 65.8 Å². The monoisotopic (exact) mass is 613 g/mol. The number of hydrogen-bond acceptors (Lipinski definition) is 4. The van der Waals surface area contributed by atoms with Gasteiger partial charge < -0.3 is 10.2 Å². The van der Waals surface area contributed by atoms with E-state index in [4.69, 9.17) is 0 Å². The molecular formula is C35H36FN3O4S. The van der Waals surface area contributed by atoms with E-state index in [2.05, 4.69) is 5.32 Å². The summed E-state index contributed by atoms with van der Waals surface area (Å²) in [4.78, 5) is 29.5. The molecule has 1 aliphatic heterocycles. The van der Waals surface area contributed by atoms with Crippen molar-refractivity contribution in [3.8, 4) is 0 Å². The number of carbonyl (C=O) groups excluding carboxylic acids is 2. The molecule has 0 aliphatic carbocycles. The van der Waals surface area contributed by atoms with Gasteiger partial charge >= 0.3 is 0 Å². The molecular weight excluding hydrogens is 577 g/mol. The molecule has 0 aromatic heterocycles. The number of hydrogen-bond donors (Lipinski definition) is 1. The van der Waals surface area contributed by atoms with Crippen LogP contribution < -0.4 is 5.32 Å². The van der Waals surface area contributed by atoms with Crippen molar-refractivity contribution in [2.24, 2.45) is 0 Å². The van der Waals surface area contributed by atoms with Crippen LogP contribution in [0.5, 0.6) is 0 Å². The second-order valence-corrected chi connectivity index (χ2v) is 12.9. The molecule has 1 fully saturated rings. The lowest BCUT2D eigenvalue weighted by molar-refractivity contribution is -0.141. The molecule has 0 radical (unpaired) electrons. The molecule has 2 amide bonds. The lowest BCUT2D eigenvalue weighted by Gasteiger charge is -2.32. The third-order valence-electron chi connectivity index (χ3n) is 7.83. The zero-order chi connectivity index (χ0) is 30.9. The first-order valence-electron chi connectivity index (χ1n) is 14.8. The van der Waals surface area contributed by atoms with Crippen LogP contribution in [-0.2, 0) is 39.1 Å². The number of aryl methyl sites for hydroxylation is 1. The highest BCUT2D eigenvalue weighted by atomic mass is 32.2. The molecule has 7 nitrogen and oxygen atoms in total. The maximum Gasteiger partial charge on any atom is 0.247 e. The van der Waals surface area contributed by atoms with E-state index in [-0.39, 0.29) is 35.5 Å². The molecule has 1 saturated heterocycles. The van der Waals surface area contributed by atoms with Crippen LogP contribution in [0.1, 0.15) is 47.6 Å². The molecule has 1 unspecified atom stereocenters. The summed E-state index contributed by atoms with van der Waals surface area (Å²) in [7, 11) is -3.53. The lowest BCUT2D eigenvalue weighted by atomic mass is 10.0.